The average molecular weight is 245 g/mol. The molecule has 2 rings (SSSR count). The van der Waals surface area contributed by atoms with Gasteiger partial charge in [0.2, 0.25) is 0 Å². The number of nitrogens with zero attached hydrogens (tertiary/aromatic N) is 3. The third-order valence-corrected chi connectivity index (χ3v) is 2.45. The highest BCUT2D eigenvalue weighted by atomic mass is 19.1. The second kappa shape index (κ2) is 5.82. The molecular weight excluding hydrogens is 233 g/mol. The molecule has 5 heteroatoms. The van der Waals surface area contributed by atoms with Gasteiger partial charge < -0.3 is 9.30 Å². The van der Waals surface area contributed by atoms with Crippen LogP contribution in [0, 0.1) is 17.1 Å². The van der Waals surface area contributed by atoms with E-state index < -0.39 is 5.82 Å². The molecule has 1 aromatic carbocycles. The van der Waals surface area contributed by atoms with Gasteiger partial charge in [0.15, 0.2) is 0 Å². The van der Waals surface area contributed by atoms with Gasteiger partial charge in [-0.25, -0.2) is 9.37 Å². The predicted octanol–water partition coefficient (Wildman–Crippen LogP) is 2.36. The molecule has 0 aliphatic heterocycles. The maximum Gasteiger partial charge on any atom is 0.144 e. The molecule has 0 spiro atoms. The number of halogens is 1. The molecule has 0 atom stereocenters. The van der Waals surface area contributed by atoms with E-state index in [0.717, 1.165) is 13.0 Å². The lowest BCUT2D eigenvalue weighted by molar-refractivity contribution is 0.300. The van der Waals surface area contributed by atoms with Crippen LogP contribution in [0.5, 0.6) is 5.75 Å². The molecule has 0 amide bonds. The van der Waals surface area contributed by atoms with Gasteiger partial charge in [0, 0.05) is 25.0 Å². The summed E-state index contributed by atoms with van der Waals surface area (Å²) in [7, 11) is 0. The third kappa shape index (κ3) is 3.08. The highest BCUT2D eigenvalue weighted by molar-refractivity contribution is 5.36. The van der Waals surface area contributed by atoms with Crippen LogP contribution in [0.2, 0.25) is 0 Å². The van der Waals surface area contributed by atoms with E-state index in [-0.39, 0.29) is 5.56 Å². The second-order valence-electron chi connectivity index (χ2n) is 3.76. The molecule has 2 aromatic rings. The highest BCUT2D eigenvalue weighted by Crippen LogP contribution is 2.16. The zero-order valence-corrected chi connectivity index (χ0v) is 9.71. The molecule has 18 heavy (non-hydrogen) atoms. The van der Waals surface area contributed by atoms with Crippen molar-refractivity contribution in [2.45, 2.75) is 13.0 Å². The number of benzene rings is 1. The van der Waals surface area contributed by atoms with Crippen molar-refractivity contribution in [2.75, 3.05) is 6.61 Å². The van der Waals surface area contributed by atoms with Gasteiger partial charge in [0.1, 0.15) is 17.6 Å². The van der Waals surface area contributed by atoms with Crippen molar-refractivity contribution in [3.8, 4) is 11.8 Å². The van der Waals surface area contributed by atoms with Gasteiger partial charge in [-0.3, -0.25) is 0 Å². The Balaban J connectivity index is 1.80. The zero-order valence-electron chi connectivity index (χ0n) is 9.71. The number of hydrogen-bond acceptors (Lipinski definition) is 3. The molecule has 0 saturated carbocycles. The van der Waals surface area contributed by atoms with Gasteiger partial charge >= 0.3 is 0 Å². The molecule has 0 N–H and O–H groups in total. The molecule has 92 valence electrons. The number of aromatic nitrogens is 2. The normalized spacial score (nSPS) is 10.0. The molecule has 0 aliphatic carbocycles. The molecule has 1 aromatic heterocycles. The lowest BCUT2D eigenvalue weighted by Gasteiger charge is -2.06. The molecule has 0 saturated heterocycles. The minimum atomic E-state index is -0.551. The Labute approximate surface area is 104 Å². The number of imidazole rings is 1. The van der Waals surface area contributed by atoms with E-state index >= 15 is 0 Å². The number of nitriles is 1. The van der Waals surface area contributed by atoms with Crippen LogP contribution < -0.4 is 4.74 Å². The summed E-state index contributed by atoms with van der Waals surface area (Å²) >= 11 is 0. The van der Waals surface area contributed by atoms with Crippen molar-refractivity contribution in [1.82, 2.24) is 9.55 Å². The fourth-order valence-corrected chi connectivity index (χ4v) is 1.53. The predicted molar refractivity (Wildman–Crippen MR) is 63.5 cm³/mol. The Hall–Kier alpha value is -2.35. The summed E-state index contributed by atoms with van der Waals surface area (Å²) in [6.45, 7) is 1.29. The van der Waals surface area contributed by atoms with Gasteiger partial charge in [-0.2, -0.15) is 5.26 Å². The van der Waals surface area contributed by atoms with Gasteiger partial charge in [0.05, 0.1) is 18.5 Å². The zero-order chi connectivity index (χ0) is 12.8. The Morgan fingerprint density at radius 2 is 2.33 bits per heavy atom. The Morgan fingerprint density at radius 1 is 1.44 bits per heavy atom. The summed E-state index contributed by atoms with van der Waals surface area (Å²) in [4.78, 5) is 3.93. The van der Waals surface area contributed by atoms with E-state index in [4.69, 9.17) is 10.00 Å². The van der Waals surface area contributed by atoms with Crippen LogP contribution in [0.1, 0.15) is 12.0 Å². The van der Waals surface area contributed by atoms with Crippen molar-refractivity contribution in [2.24, 2.45) is 0 Å². The van der Waals surface area contributed by atoms with Crippen LogP contribution in [0.15, 0.2) is 36.9 Å². The fourth-order valence-electron chi connectivity index (χ4n) is 1.53. The molecule has 0 radical (unpaired) electrons. The Kier molecular flexibility index (Phi) is 3.92. The first kappa shape index (κ1) is 12.1. The van der Waals surface area contributed by atoms with E-state index in [9.17, 15) is 4.39 Å². The smallest absolute Gasteiger partial charge is 0.144 e. The number of rotatable bonds is 5. The van der Waals surface area contributed by atoms with E-state index in [1.807, 2.05) is 10.8 Å². The van der Waals surface area contributed by atoms with Crippen LogP contribution in [0.3, 0.4) is 0 Å². The van der Waals surface area contributed by atoms with E-state index in [0.29, 0.717) is 12.4 Å². The van der Waals surface area contributed by atoms with Gasteiger partial charge in [-0.15, -0.1) is 0 Å². The summed E-state index contributed by atoms with van der Waals surface area (Å²) in [5, 5.41) is 8.59. The standard InChI is InChI=1S/C13H12FN3O/c14-13-8-12(3-2-11(13)9-15)18-7-1-5-17-6-4-16-10-17/h2-4,6,8,10H,1,5,7H2. The van der Waals surface area contributed by atoms with Crippen LogP contribution >= 0.6 is 0 Å². The number of ether oxygens (including phenoxy) is 1. The van der Waals surface area contributed by atoms with Gasteiger partial charge in [-0.1, -0.05) is 0 Å². The Morgan fingerprint density at radius 3 is 3.00 bits per heavy atom. The first-order valence-electron chi connectivity index (χ1n) is 5.58. The lowest BCUT2D eigenvalue weighted by atomic mass is 10.2. The summed E-state index contributed by atoms with van der Waals surface area (Å²) in [5.41, 5.74) is 0.0285. The maximum atomic E-state index is 13.3. The van der Waals surface area contributed by atoms with E-state index in [2.05, 4.69) is 4.98 Å². The Bertz CT molecular complexity index is 546. The molecule has 1 heterocycles. The van der Waals surface area contributed by atoms with Crippen molar-refractivity contribution < 1.29 is 9.13 Å². The molecule has 4 nitrogen and oxygen atoms in total. The van der Waals surface area contributed by atoms with E-state index in [1.54, 1.807) is 24.7 Å². The average Bonchev–Trinajstić information content (AvgIpc) is 2.88. The second-order valence-corrected chi connectivity index (χ2v) is 3.76. The number of hydrogen-bond donors (Lipinski definition) is 0. The first-order chi connectivity index (χ1) is 8.79. The van der Waals surface area contributed by atoms with E-state index in [1.165, 1.54) is 12.1 Å². The van der Waals surface area contributed by atoms with Crippen molar-refractivity contribution in [3.05, 3.63) is 48.3 Å². The minimum absolute atomic E-state index is 0.0285. The monoisotopic (exact) mass is 245 g/mol. The van der Waals surface area contributed by atoms with Crippen molar-refractivity contribution in [1.29, 1.82) is 5.26 Å². The molecular formula is C13H12FN3O. The van der Waals surface area contributed by atoms with Crippen LogP contribution in [0.4, 0.5) is 4.39 Å². The molecule has 0 bridgehead atoms. The van der Waals surface area contributed by atoms with Crippen LogP contribution in [0.25, 0.3) is 0 Å². The van der Waals surface area contributed by atoms with Crippen LogP contribution in [-0.2, 0) is 6.54 Å². The summed E-state index contributed by atoms with van der Waals surface area (Å²) < 4.78 is 20.6. The van der Waals surface area contributed by atoms with Gasteiger partial charge in [-0.05, 0) is 18.6 Å². The molecule has 0 aliphatic rings. The van der Waals surface area contributed by atoms with Crippen LogP contribution in [-0.4, -0.2) is 16.2 Å². The lowest BCUT2D eigenvalue weighted by Crippen LogP contribution is -2.03. The SMILES string of the molecule is N#Cc1ccc(OCCCn2ccnc2)cc1F. The van der Waals surface area contributed by atoms with Crippen molar-refractivity contribution in [3.63, 3.8) is 0 Å². The quantitative estimate of drug-likeness (QED) is 0.760. The summed E-state index contributed by atoms with van der Waals surface area (Å²) in [6.07, 6.45) is 6.14. The minimum Gasteiger partial charge on any atom is -0.493 e. The fraction of sp³-hybridized carbons (Fsp3) is 0.231. The van der Waals surface area contributed by atoms with Gasteiger partial charge in [0.25, 0.3) is 0 Å². The summed E-state index contributed by atoms with van der Waals surface area (Å²) in [6, 6.07) is 6.01. The highest BCUT2D eigenvalue weighted by Gasteiger charge is 2.03. The first-order valence-corrected chi connectivity index (χ1v) is 5.58. The largest absolute Gasteiger partial charge is 0.493 e. The maximum absolute atomic E-state index is 13.3. The third-order valence-electron chi connectivity index (χ3n) is 2.45. The number of aryl methyl sites for hydroxylation is 1. The molecule has 0 unspecified atom stereocenters. The molecule has 0 fully saturated rings. The van der Waals surface area contributed by atoms with Crippen molar-refractivity contribution >= 4 is 0 Å². The topological polar surface area (TPSA) is 50.8 Å². The summed E-state index contributed by atoms with van der Waals surface area (Å²) in [5.74, 6) is -0.109.